The molecule has 0 amide bonds. The number of aliphatic hydroxyl groups is 2. The van der Waals surface area contributed by atoms with E-state index in [1.807, 2.05) is 50.1 Å². The molecule has 13 nitrogen and oxygen atoms in total. The molecule has 1 spiro atoms. The number of likely N-dealkylation sites (N-methyl/N-ethyl adjacent to an activating group) is 1. The minimum absolute atomic E-state index is 0.0986. The first-order chi connectivity index (χ1) is 28.2. The largest absolute Gasteiger partial charge is 0.496 e. The van der Waals surface area contributed by atoms with Crippen LogP contribution >= 0.6 is 0 Å². The van der Waals surface area contributed by atoms with Gasteiger partial charge >= 0.3 is 17.9 Å². The first-order valence-corrected chi connectivity index (χ1v) is 21.2. The molecule has 1 aromatic heterocycles. The Morgan fingerprint density at radius 3 is 2.41 bits per heavy atom. The molecule has 2 aromatic carbocycles. The van der Waals surface area contributed by atoms with Crippen molar-refractivity contribution < 1.29 is 43.5 Å². The number of aromatic amines is 1. The summed E-state index contributed by atoms with van der Waals surface area (Å²) in [6.45, 7) is 8.62. The number of methoxy groups -OCH3 is 3. The van der Waals surface area contributed by atoms with Gasteiger partial charge in [0.15, 0.2) is 6.10 Å². The monoisotopic (exact) mass is 810 g/mol. The summed E-state index contributed by atoms with van der Waals surface area (Å²) < 4.78 is 23.9. The van der Waals surface area contributed by atoms with Gasteiger partial charge < -0.3 is 39.0 Å². The molecule has 9 rings (SSSR count). The number of carbonyl (C=O) groups excluding carboxylic acids is 3. The minimum Gasteiger partial charge on any atom is -0.496 e. The summed E-state index contributed by atoms with van der Waals surface area (Å²) in [4.78, 5) is 53.2. The third-order valence-electron chi connectivity index (χ3n) is 15.6. The zero-order chi connectivity index (χ0) is 41.9. The second-order valence-corrected chi connectivity index (χ2v) is 18.2. The second kappa shape index (κ2) is 13.8. The summed E-state index contributed by atoms with van der Waals surface area (Å²) >= 11 is 0. The first kappa shape index (κ1) is 40.0. The van der Waals surface area contributed by atoms with Gasteiger partial charge in [0.2, 0.25) is 5.60 Å². The van der Waals surface area contributed by atoms with Crippen molar-refractivity contribution in [2.24, 2.45) is 11.3 Å². The predicted octanol–water partition coefficient (Wildman–Crippen LogP) is 3.99. The summed E-state index contributed by atoms with van der Waals surface area (Å²) in [5.74, 6) is -1.56. The molecule has 3 fully saturated rings. The molecule has 1 saturated carbocycles. The fraction of sp³-hybridized carbons (Fsp3) is 0.587. The maximum Gasteiger partial charge on any atom is 0.344 e. The van der Waals surface area contributed by atoms with E-state index in [9.17, 15) is 19.8 Å². The summed E-state index contributed by atoms with van der Waals surface area (Å²) in [6.07, 6.45) is 5.94. The molecular weight excluding hydrogens is 753 g/mol. The zero-order valence-electron chi connectivity index (χ0n) is 35.3. The second-order valence-electron chi connectivity index (χ2n) is 18.2. The van der Waals surface area contributed by atoms with Gasteiger partial charge in [0, 0.05) is 90.9 Å². The van der Waals surface area contributed by atoms with Crippen LogP contribution in [0.5, 0.6) is 5.75 Å². The van der Waals surface area contributed by atoms with Crippen LogP contribution in [0, 0.1) is 11.3 Å². The van der Waals surface area contributed by atoms with E-state index < -0.39 is 57.5 Å². The van der Waals surface area contributed by atoms with Crippen LogP contribution in [-0.4, -0.2) is 133 Å². The van der Waals surface area contributed by atoms with Crippen molar-refractivity contribution >= 4 is 34.5 Å². The lowest BCUT2D eigenvalue weighted by atomic mass is 9.47. The molecule has 2 bridgehead atoms. The summed E-state index contributed by atoms with van der Waals surface area (Å²) in [5, 5.41) is 26.3. The van der Waals surface area contributed by atoms with E-state index in [1.54, 1.807) is 7.11 Å². The Kier molecular flexibility index (Phi) is 9.36. The highest BCUT2D eigenvalue weighted by molar-refractivity contribution is 5.95. The fourth-order valence-corrected chi connectivity index (χ4v) is 13.5. The van der Waals surface area contributed by atoms with Crippen LogP contribution in [0.25, 0.3) is 10.9 Å². The number of fused-ring (bicyclic) bond motifs is 6. The maximum atomic E-state index is 15.3. The zero-order valence-corrected chi connectivity index (χ0v) is 35.3. The molecule has 316 valence electrons. The van der Waals surface area contributed by atoms with E-state index in [0.29, 0.717) is 82.6 Å². The number of aromatic nitrogens is 1. The number of nitrogens with zero attached hydrogens (tertiary/aromatic N) is 3. The summed E-state index contributed by atoms with van der Waals surface area (Å²) in [7, 11) is 6.15. The number of carbonyl (C=O) groups is 3. The third kappa shape index (κ3) is 5.20. The Balaban J connectivity index is 1.36. The van der Waals surface area contributed by atoms with Gasteiger partial charge in [-0.05, 0) is 74.2 Å². The van der Waals surface area contributed by atoms with E-state index in [-0.39, 0.29) is 12.0 Å². The minimum atomic E-state index is -2.30. The van der Waals surface area contributed by atoms with Crippen molar-refractivity contribution in [1.29, 1.82) is 0 Å². The predicted molar refractivity (Wildman–Crippen MR) is 220 cm³/mol. The van der Waals surface area contributed by atoms with Crippen LogP contribution < -0.4 is 9.64 Å². The van der Waals surface area contributed by atoms with Crippen LogP contribution in [0.2, 0.25) is 0 Å². The Bertz CT molecular complexity index is 2260. The Labute approximate surface area is 345 Å². The van der Waals surface area contributed by atoms with Gasteiger partial charge in [0.25, 0.3) is 0 Å². The molecule has 13 heteroatoms. The molecule has 5 aliphatic heterocycles. The van der Waals surface area contributed by atoms with Crippen molar-refractivity contribution in [1.82, 2.24) is 14.8 Å². The van der Waals surface area contributed by atoms with Gasteiger partial charge in [-0.2, -0.15) is 0 Å². The van der Waals surface area contributed by atoms with Crippen molar-refractivity contribution in [3.8, 4) is 5.75 Å². The van der Waals surface area contributed by atoms with Gasteiger partial charge in [-0.25, -0.2) is 4.79 Å². The molecule has 59 heavy (non-hydrogen) atoms. The van der Waals surface area contributed by atoms with Gasteiger partial charge in [0.1, 0.15) is 11.2 Å². The van der Waals surface area contributed by atoms with Crippen molar-refractivity contribution in [2.45, 2.75) is 99.5 Å². The van der Waals surface area contributed by atoms with E-state index in [0.717, 1.165) is 33.4 Å². The molecule has 4 unspecified atom stereocenters. The van der Waals surface area contributed by atoms with Crippen LogP contribution in [-0.2, 0) is 45.8 Å². The normalized spacial score (nSPS) is 37.0. The maximum absolute atomic E-state index is 15.3. The number of benzene rings is 2. The van der Waals surface area contributed by atoms with E-state index in [1.165, 1.54) is 21.1 Å². The first-order valence-electron chi connectivity index (χ1n) is 21.2. The third-order valence-corrected chi connectivity index (χ3v) is 15.6. The Morgan fingerprint density at radius 1 is 0.949 bits per heavy atom. The number of hydrogen-bond donors (Lipinski definition) is 3. The van der Waals surface area contributed by atoms with Crippen molar-refractivity contribution in [2.75, 3.05) is 66.0 Å². The lowest BCUT2D eigenvalue weighted by Gasteiger charge is -2.63. The smallest absolute Gasteiger partial charge is 0.344 e. The number of piperidine rings is 1. The van der Waals surface area contributed by atoms with Crippen LogP contribution in [0.15, 0.2) is 48.6 Å². The number of ether oxygens (including phenoxy) is 4. The number of hydrogen-bond acceptors (Lipinski definition) is 12. The highest BCUT2D eigenvalue weighted by Gasteiger charge is 2.80. The molecule has 6 heterocycles. The number of rotatable bonds is 7. The molecular formula is C46H58N4O9. The number of esters is 3. The SMILES string of the molecule is CC[C@@]1(O)CC2CN(CCc3c([nH]c4ccccc34)[C@@](C(=O)OC)(c3cc4c(cc3OC)N(C)C3[C@]45CCN4CC=C[C@](CC)(C45)[C@@H](OC(C)=O)[C@]3(O)C(=O)OC)C2)C1. The molecule has 0 radical (unpaired) electrons. The van der Waals surface area contributed by atoms with Crippen molar-refractivity contribution in [3.63, 3.8) is 0 Å². The summed E-state index contributed by atoms with van der Waals surface area (Å²) in [5.41, 5.74) is -1.62. The van der Waals surface area contributed by atoms with Crippen LogP contribution in [0.4, 0.5) is 5.69 Å². The topological polar surface area (TPSA) is 154 Å². The van der Waals surface area contributed by atoms with E-state index in [4.69, 9.17) is 18.9 Å². The van der Waals surface area contributed by atoms with Gasteiger partial charge in [-0.1, -0.05) is 44.2 Å². The van der Waals surface area contributed by atoms with Crippen LogP contribution in [0.1, 0.15) is 75.3 Å². The molecule has 3 aromatic rings. The lowest BCUT2D eigenvalue weighted by molar-refractivity contribution is -0.228. The number of H-pyrrole nitrogens is 1. The molecule has 1 aliphatic carbocycles. The van der Waals surface area contributed by atoms with E-state index >= 15 is 4.79 Å². The van der Waals surface area contributed by atoms with Gasteiger partial charge in [-0.3, -0.25) is 19.4 Å². The van der Waals surface area contributed by atoms with Gasteiger partial charge in [-0.15, -0.1) is 0 Å². The highest BCUT2D eigenvalue weighted by Crippen LogP contribution is 2.68. The Morgan fingerprint density at radius 2 is 1.71 bits per heavy atom. The van der Waals surface area contributed by atoms with Crippen molar-refractivity contribution in [3.05, 3.63) is 70.9 Å². The Hall–Kier alpha value is -4.43. The van der Waals surface area contributed by atoms with Gasteiger partial charge in [0.05, 0.1) is 33.0 Å². The van der Waals surface area contributed by atoms with E-state index in [2.05, 4.69) is 39.1 Å². The quantitative estimate of drug-likeness (QED) is 0.180. The highest BCUT2D eigenvalue weighted by atomic mass is 16.6. The lowest BCUT2D eigenvalue weighted by Crippen LogP contribution is -2.81. The fourth-order valence-electron chi connectivity index (χ4n) is 13.5. The molecule has 2 saturated heterocycles. The standard InChI is InChI=1S/C46H58N4O9/c1-8-42(54)23-28-24-45(40(52)57-6,36-30(15-19-49(25-28)26-42)29-13-10-11-14-33(29)47-36)32-21-31-34(22-35(32)56-5)48(4)38-44(31)17-20-50-18-12-16-43(9-2,37(44)50)39(59-27(3)51)46(38,55)41(53)58-7/h10-14,16,21-22,28,37-39,47,54-55H,8-9,15,17-20,23-26H2,1-7H3/t28?,37?,38?,39-,42-,43-,44-,45+,46+/m1/s1. The number of nitrogens with one attached hydrogen (secondary N) is 1. The average Bonchev–Trinajstić information content (AvgIpc) is 3.90. The average molecular weight is 811 g/mol. The molecule has 6 aliphatic rings. The summed E-state index contributed by atoms with van der Waals surface area (Å²) in [6, 6.07) is 11.0. The molecule has 10 atom stereocenters. The van der Waals surface area contributed by atoms with Crippen LogP contribution in [0.3, 0.4) is 0 Å². The number of para-hydroxylation sites is 1. The molecule has 3 N–H and O–H groups in total. The number of anilines is 1.